The molecule has 1 aromatic carbocycles. The lowest BCUT2D eigenvalue weighted by Crippen LogP contribution is -1.98. The zero-order valence-electron chi connectivity index (χ0n) is 9.45. The highest BCUT2D eigenvalue weighted by molar-refractivity contribution is 7.10. The fourth-order valence-corrected chi connectivity index (χ4v) is 2.43. The standard InChI is InChI=1S/C12H11FN2OS/c1-7-11(8(2)16)12(17-15-7)14-10-5-3-4-9(13)6-10/h3-6,14H,1-2H3. The Morgan fingerprint density at radius 1 is 1.47 bits per heavy atom. The SMILES string of the molecule is CC(=O)c1c(C)nsc1Nc1cccc(F)c1. The minimum absolute atomic E-state index is 0.0462. The van der Waals surface area contributed by atoms with Crippen LogP contribution >= 0.6 is 11.5 Å². The first-order valence-electron chi connectivity index (χ1n) is 5.07. The Morgan fingerprint density at radius 3 is 2.88 bits per heavy atom. The van der Waals surface area contributed by atoms with Crippen LogP contribution in [0, 0.1) is 12.7 Å². The van der Waals surface area contributed by atoms with Crippen molar-refractivity contribution in [2.45, 2.75) is 13.8 Å². The van der Waals surface area contributed by atoms with Crippen molar-refractivity contribution in [3.05, 3.63) is 41.3 Å². The van der Waals surface area contributed by atoms with Crippen molar-refractivity contribution in [1.29, 1.82) is 0 Å². The first-order chi connectivity index (χ1) is 8.08. The maximum atomic E-state index is 13.0. The summed E-state index contributed by atoms with van der Waals surface area (Å²) in [6, 6.07) is 6.09. The quantitative estimate of drug-likeness (QED) is 0.847. The number of anilines is 2. The number of carbonyl (C=O) groups excluding carboxylic acids is 1. The Hall–Kier alpha value is -1.75. The zero-order chi connectivity index (χ0) is 12.4. The van der Waals surface area contributed by atoms with Gasteiger partial charge in [-0.15, -0.1) is 0 Å². The Balaban J connectivity index is 2.33. The van der Waals surface area contributed by atoms with Gasteiger partial charge in [-0.05, 0) is 43.6 Å². The van der Waals surface area contributed by atoms with E-state index in [4.69, 9.17) is 0 Å². The van der Waals surface area contributed by atoms with E-state index >= 15 is 0 Å². The van der Waals surface area contributed by atoms with Crippen LogP contribution in [0.5, 0.6) is 0 Å². The number of benzene rings is 1. The van der Waals surface area contributed by atoms with Crippen LogP contribution in [0.15, 0.2) is 24.3 Å². The number of nitrogens with zero attached hydrogens (tertiary/aromatic N) is 1. The normalized spacial score (nSPS) is 10.3. The molecule has 0 saturated carbocycles. The molecular formula is C12H11FN2OS. The third-order valence-electron chi connectivity index (χ3n) is 2.30. The molecule has 1 heterocycles. The van der Waals surface area contributed by atoms with E-state index in [9.17, 15) is 9.18 Å². The molecule has 2 aromatic rings. The van der Waals surface area contributed by atoms with E-state index in [-0.39, 0.29) is 11.6 Å². The van der Waals surface area contributed by atoms with Crippen LogP contribution in [-0.2, 0) is 0 Å². The number of ketones is 1. The van der Waals surface area contributed by atoms with Crippen LogP contribution in [0.1, 0.15) is 23.0 Å². The van der Waals surface area contributed by atoms with E-state index in [0.717, 1.165) is 0 Å². The molecule has 1 aromatic heterocycles. The molecule has 0 amide bonds. The van der Waals surface area contributed by atoms with E-state index in [1.54, 1.807) is 19.1 Å². The highest BCUT2D eigenvalue weighted by Crippen LogP contribution is 2.28. The van der Waals surface area contributed by atoms with E-state index in [1.165, 1.54) is 30.6 Å². The number of hydrogen-bond donors (Lipinski definition) is 1. The molecule has 88 valence electrons. The van der Waals surface area contributed by atoms with Gasteiger partial charge in [0.1, 0.15) is 10.8 Å². The molecule has 0 fully saturated rings. The topological polar surface area (TPSA) is 42.0 Å². The predicted octanol–water partition coefficient (Wildman–Crippen LogP) is 3.54. The molecule has 0 unspecified atom stereocenters. The number of Topliss-reactive ketones (excluding diaryl/α,β-unsaturated/α-hetero) is 1. The minimum Gasteiger partial charge on any atom is -0.345 e. The number of aryl methyl sites for hydroxylation is 1. The van der Waals surface area contributed by atoms with Gasteiger partial charge in [-0.3, -0.25) is 4.79 Å². The molecule has 0 radical (unpaired) electrons. The molecule has 0 saturated heterocycles. The number of nitrogens with one attached hydrogen (secondary N) is 1. The number of rotatable bonds is 3. The van der Waals surface area contributed by atoms with Gasteiger partial charge in [0.2, 0.25) is 0 Å². The largest absolute Gasteiger partial charge is 0.345 e. The second-order valence-electron chi connectivity index (χ2n) is 3.66. The lowest BCUT2D eigenvalue weighted by molar-refractivity contribution is 0.101. The molecule has 0 bridgehead atoms. The van der Waals surface area contributed by atoms with Crippen LogP contribution in [0.3, 0.4) is 0 Å². The van der Waals surface area contributed by atoms with Gasteiger partial charge in [-0.2, -0.15) is 4.37 Å². The van der Waals surface area contributed by atoms with Crippen molar-refractivity contribution in [1.82, 2.24) is 4.37 Å². The molecular weight excluding hydrogens is 239 g/mol. The molecule has 5 heteroatoms. The molecule has 17 heavy (non-hydrogen) atoms. The molecule has 0 spiro atoms. The minimum atomic E-state index is -0.319. The van der Waals surface area contributed by atoms with Gasteiger partial charge in [0.05, 0.1) is 11.3 Å². The van der Waals surface area contributed by atoms with Crippen molar-refractivity contribution in [2.24, 2.45) is 0 Å². The molecule has 0 aliphatic carbocycles. The van der Waals surface area contributed by atoms with Gasteiger partial charge in [0, 0.05) is 5.69 Å². The predicted molar refractivity (Wildman–Crippen MR) is 66.5 cm³/mol. The van der Waals surface area contributed by atoms with Crippen molar-refractivity contribution in [2.75, 3.05) is 5.32 Å². The Labute approximate surface area is 102 Å². The molecule has 3 nitrogen and oxygen atoms in total. The van der Waals surface area contributed by atoms with E-state index in [2.05, 4.69) is 9.69 Å². The van der Waals surface area contributed by atoms with Crippen molar-refractivity contribution in [3.8, 4) is 0 Å². The molecule has 0 aliphatic rings. The van der Waals surface area contributed by atoms with E-state index < -0.39 is 0 Å². The Bertz CT molecular complexity index is 565. The third-order valence-corrected chi connectivity index (χ3v) is 3.15. The summed E-state index contributed by atoms with van der Waals surface area (Å²) in [5.41, 5.74) is 1.87. The van der Waals surface area contributed by atoms with E-state index in [0.29, 0.717) is 21.9 Å². The van der Waals surface area contributed by atoms with E-state index in [1.807, 2.05) is 0 Å². The number of halogens is 1. The maximum absolute atomic E-state index is 13.0. The van der Waals surface area contributed by atoms with Crippen LogP contribution in [-0.4, -0.2) is 10.2 Å². The molecule has 0 atom stereocenters. The summed E-state index contributed by atoms with van der Waals surface area (Å²) in [6.45, 7) is 3.28. The summed E-state index contributed by atoms with van der Waals surface area (Å²) in [7, 11) is 0. The summed E-state index contributed by atoms with van der Waals surface area (Å²) in [5.74, 6) is -0.365. The molecule has 1 N–H and O–H groups in total. The number of hydrogen-bond acceptors (Lipinski definition) is 4. The number of carbonyl (C=O) groups is 1. The summed E-state index contributed by atoms with van der Waals surface area (Å²) in [5, 5.41) is 3.66. The van der Waals surface area contributed by atoms with Gasteiger partial charge >= 0.3 is 0 Å². The van der Waals surface area contributed by atoms with Crippen molar-refractivity contribution in [3.63, 3.8) is 0 Å². The highest BCUT2D eigenvalue weighted by Gasteiger charge is 2.14. The fraction of sp³-hybridized carbons (Fsp3) is 0.167. The summed E-state index contributed by atoms with van der Waals surface area (Å²) >= 11 is 1.20. The summed E-state index contributed by atoms with van der Waals surface area (Å²) in [4.78, 5) is 11.5. The average molecular weight is 250 g/mol. The highest BCUT2D eigenvalue weighted by atomic mass is 32.1. The van der Waals surface area contributed by atoms with Crippen LogP contribution in [0.25, 0.3) is 0 Å². The average Bonchev–Trinajstić information content (AvgIpc) is 2.59. The summed E-state index contributed by atoms with van der Waals surface area (Å²) < 4.78 is 17.1. The zero-order valence-corrected chi connectivity index (χ0v) is 10.3. The summed E-state index contributed by atoms with van der Waals surface area (Å²) in [6.07, 6.45) is 0. The lowest BCUT2D eigenvalue weighted by Gasteiger charge is -2.05. The smallest absolute Gasteiger partial charge is 0.164 e. The maximum Gasteiger partial charge on any atom is 0.164 e. The second kappa shape index (κ2) is 4.63. The van der Waals surface area contributed by atoms with Gasteiger partial charge in [-0.25, -0.2) is 4.39 Å². The Morgan fingerprint density at radius 2 is 2.24 bits per heavy atom. The number of aromatic nitrogens is 1. The van der Waals surface area contributed by atoms with Crippen LogP contribution < -0.4 is 5.32 Å². The van der Waals surface area contributed by atoms with Gasteiger partial charge in [-0.1, -0.05) is 6.07 Å². The fourth-order valence-electron chi connectivity index (χ4n) is 1.57. The van der Waals surface area contributed by atoms with Crippen LogP contribution in [0.4, 0.5) is 15.1 Å². The van der Waals surface area contributed by atoms with Gasteiger partial charge < -0.3 is 5.32 Å². The monoisotopic (exact) mass is 250 g/mol. The van der Waals surface area contributed by atoms with Crippen molar-refractivity contribution < 1.29 is 9.18 Å². The van der Waals surface area contributed by atoms with Crippen LogP contribution in [0.2, 0.25) is 0 Å². The lowest BCUT2D eigenvalue weighted by atomic mass is 10.2. The first kappa shape index (κ1) is 11.7. The van der Waals surface area contributed by atoms with Crippen molar-refractivity contribution >= 4 is 28.0 Å². The third kappa shape index (κ3) is 2.50. The molecule has 2 rings (SSSR count). The Kier molecular flexibility index (Phi) is 3.19. The van der Waals surface area contributed by atoms with Gasteiger partial charge in [0.25, 0.3) is 0 Å². The molecule has 0 aliphatic heterocycles. The second-order valence-corrected chi connectivity index (χ2v) is 4.44. The van der Waals surface area contributed by atoms with Gasteiger partial charge in [0.15, 0.2) is 5.78 Å². The first-order valence-corrected chi connectivity index (χ1v) is 5.85.